The van der Waals surface area contributed by atoms with Crippen molar-refractivity contribution in [3.8, 4) is 5.69 Å². The van der Waals surface area contributed by atoms with Gasteiger partial charge in [0, 0.05) is 5.69 Å². The molecule has 4 aromatic rings. The molecule has 1 N–H and O–H groups in total. The summed E-state index contributed by atoms with van der Waals surface area (Å²) in [6, 6.07) is 13.0. The molecule has 4 rings (SSSR count). The van der Waals surface area contributed by atoms with Crippen LogP contribution < -0.4 is 16.6 Å². The van der Waals surface area contributed by atoms with Crippen LogP contribution in [0.3, 0.4) is 0 Å². The number of nitrogens with one attached hydrogen (secondary N) is 1. The van der Waals surface area contributed by atoms with Gasteiger partial charge in [-0.15, -0.1) is 11.3 Å². The molecule has 2 heterocycles. The highest BCUT2D eigenvalue weighted by molar-refractivity contribution is 7.17. The van der Waals surface area contributed by atoms with E-state index in [4.69, 9.17) is 0 Å². The van der Waals surface area contributed by atoms with Gasteiger partial charge in [-0.1, -0.05) is 26.0 Å². The molecular formula is C24H22FN3O3S. The molecular weight excluding hydrogens is 429 g/mol. The van der Waals surface area contributed by atoms with Gasteiger partial charge in [-0.25, -0.2) is 13.8 Å². The molecule has 2 aromatic carbocycles. The van der Waals surface area contributed by atoms with Crippen LogP contribution in [0.5, 0.6) is 0 Å². The van der Waals surface area contributed by atoms with Gasteiger partial charge in [0.15, 0.2) is 0 Å². The Morgan fingerprint density at radius 2 is 1.91 bits per heavy atom. The van der Waals surface area contributed by atoms with Crippen LogP contribution in [0.4, 0.5) is 10.1 Å². The first-order valence-corrected chi connectivity index (χ1v) is 11.0. The van der Waals surface area contributed by atoms with E-state index in [1.807, 2.05) is 18.2 Å². The van der Waals surface area contributed by atoms with Crippen LogP contribution in [0.25, 0.3) is 15.9 Å². The zero-order valence-corrected chi connectivity index (χ0v) is 18.7. The van der Waals surface area contributed by atoms with Crippen molar-refractivity contribution in [2.75, 3.05) is 5.32 Å². The number of amides is 1. The van der Waals surface area contributed by atoms with Crippen molar-refractivity contribution in [3.63, 3.8) is 0 Å². The van der Waals surface area contributed by atoms with Gasteiger partial charge in [0.1, 0.15) is 17.1 Å². The van der Waals surface area contributed by atoms with Crippen LogP contribution in [0.2, 0.25) is 0 Å². The molecule has 32 heavy (non-hydrogen) atoms. The highest BCUT2D eigenvalue weighted by atomic mass is 32.1. The Kier molecular flexibility index (Phi) is 5.80. The maximum Gasteiger partial charge on any atom is 0.336 e. The summed E-state index contributed by atoms with van der Waals surface area (Å²) in [6.07, 6.45) is 0. The van der Waals surface area contributed by atoms with Gasteiger partial charge in [0.25, 0.3) is 5.56 Å². The Hall–Kier alpha value is -3.52. The van der Waals surface area contributed by atoms with E-state index in [9.17, 15) is 18.8 Å². The van der Waals surface area contributed by atoms with Crippen LogP contribution in [0.1, 0.15) is 30.9 Å². The maximum atomic E-state index is 13.6. The lowest BCUT2D eigenvalue weighted by molar-refractivity contribution is -0.116. The van der Waals surface area contributed by atoms with E-state index in [0.717, 1.165) is 10.1 Å². The number of carbonyl (C=O) groups excluding carboxylic acids is 1. The van der Waals surface area contributed by atoms with Crippen LogP contribution in [0, 0.1) is 12.7 Å². The van der Waals surface area contributed by atoms with Crippen molar-refractivity contribution in [1.82, 2.24) is 9.13 Å². The van der Waals surface area contributed by atoms with Gasteiger partial charge >= 0.3 is 5.69 Å². The fraction of sp³-hybridized carbons (Fsp3) is 0.208. The van der Waals surface area contributed by atoms with Crippen molar-refractivity contribution in [2.24, 2.45) is 0 Å². The molecule has 1 amide bonds. The summed E-state index contributed by atoms with van der Waals surface area (Å²) in [5, 5.41) is 4.53. The second-order valence-electron chi connectivity index (χ2n) is 7.90. The maximum absolute atomic E-state index is 13.6. The molecule has 164 valence electrons. The summed E-state index contributed by atoms with van der Waals surface area (Å²) >= 11 is 1.19. The Labute approximate surface area is 187 Å². The lowest BCUT2D eigenvalue weighted by Gasteiger charge is -2.14. The quantitative estimate of drug-likeness (QED) is 0.488. The van der Waals surface area contributed by atoms with Gasteiger partial charge in [0.2, 0.25) is 5.91 Å². The summed E-state index contributed by atoms with van der Waals surface area (Å²) < 4.78 is 16.2. The number of hydrogen-bond donors (Lipinski definition) is 1. The molecule has 0 fully saturated rings. The molecule has 0 aliphatic carbocycles. The number of fused-ring (bicyclic) bond motifs is 1. The third-order valence-corrected chi connectivity index (χ3v) is 6.18. The van der Waals surface area contributed by atoms with Crippen molar-refractivity contribution in [2.45, 2.75) is 33.2 Å². The topological polar surface area (TPSA) is 73.1 Å². The number of nitrogens with zero attached hydrogens (tertiary/aromatic N) is 2. The molecule has 0 atom stereocenters. The summed E-state index contributed by atoms with van der Waals surface area (Å²) in [6.45, 7) is 5.49. The summed E-state index contributed by atoms with van der Waals surface area (Å²) in [5.41, 5.74) is 1.71. The molecule has 0 bridgehead atoms. The number of benzene rings is 2. The highest BCUT2D eigenvalue weighted by Crippen LogP contribution is 2.20. The minimum absolute atomic E-state index is 0.265. The number of aryl methyl sites for hydroxylation is 1. The average Bonchev–Trinajstić information content (AvgIpc) is 3.23. The molecule has 8 heteroatoms. The Morgan fingerprint density at radius 1 is 1.12 bits per heavy atom. The molecule has 6 nitrogen and oxygen atoms in total. The van der Waals surface area contributed by atoms with Crippen LogP contribution in [-0.2, 0) is 11.3 Å². The largest absolute Gasteiger partial charge is 0.336 e. The van der Waals surface area contributed by atoms with Gasteiger partial charge in [-0.3, -0.25) is 14.2 Å². The molecule has 0 saturated carbocycles. The molecule has 0 aliphatic heterocycles. The fourth-order valence-corrected chi connectivity index (χ4v) is 4.47. The van der Waals surface area contributed by atoms with Gasteiger partial charge in [0.05, 0.1) is 11.2 Å². The van der Waals surface area contributed by atoms with E-state index < -0.39 is 17.1 Å². The predicted octanol–water partition coefficient (Wildman–Crippen LogP) is 4.42. The van der Waals surface area contributed by atoms with E-state index in [2.05, 4.69) is 19.2 Å². The smallest absolute Gasteiger partial charge is 0.325 e. The van der Waals surface area contributed by atoms with Crippen molar-refractivity contribution in [1.29, 1.82) is 0 Å². The zero-order chi connectivity index (χ0) is 23.0. The molecule has 0 saturated heterocycles. The van der Waals surface area contributed by atoms with Gasteiger partial charge in [-0.05, 0) is 65.7 Å². The third kappa shape index (κ3) is 4.01. The number of aromatic nitrogens is 2. The number of carbonyl (C=O) groups is 1. The number of halogens is 1. The monoisotopic (exact) mass is 451 g/mol. The SMILES string of the molecule is Cc1cc(F)ccc1-n1c(=O)c2sccc2n(CC(=O)Nc2cccc(C(C)C)c2)c1=O. The van der Waals surface area contributed by atoms with Crippen molar-refractivity contribution >= 4 is 33.1 Å². The highest BCUT2D eigenvalue weighted by Gasteiger charge is 2.19. The zero-order valence-electron chi connectivity index (χ0n) is 17.9. The Morgan fingerprint density at radius 3 is 2.62 bits per heavy atom. The summed E-state index contributed by atoms with van der Waals surface area (Å²) in [5.74, 6) is -0.538. The third-order valence-electron chi connectivity index (χ3n) is 5.29. The van der Waals surface area contributed by atoms with Crippen molar-refractivity contribution < 1.29 is 9.18 Å². The first kappa shape index (κ1) is 21.7. The van der Waals surface area contributed by atoms with E-state index in [0.29, 0.717) is 27.4 Å². The lowest BCUT2D eigenvalue weighted by Crippen LogP contribution is -2.40. The number of rotatable bonds is 5. The normalized spacial score (nSPS) is 11.3. The molecule has 2 aromatic heterocycles. The summed E-state index contributed by atoms with van der Waals surface area (Å²) in [4.78, 5) is 39.2. The molecule has 0 aliphatic rings. The van der Waals surface area contributed by atoms with Gasteiger partial charge in [-0.2, -0.15) is 0 Å². The lowest BCUT2D eigenvalue weighted by atomic mass is 10.0. The molecule has 0 unspecified atom stereocenters. The standard InChI is InChI=1S/C24H22FN3O3S/c1-14(2)16-5-4-6-18(12-16)26-21(29)13-27-20-9-10-32-22(20)23(30)28(24(27)31)19-8-7-17(25)11-15(19)3/h4-12,14H,13H2,1-3H3,(H,26,29). The van der Waals surface area contributed by atoms with E-state index in [1.165, 1.54) is 34.1 Å². The number of thiophene rings is 1. The first-order chi connectivity index (χ1) is 15.3. The van der Waals surface area contributed by atoms with E-state index in [-0.39, 0.29) is 18.1 Å². The Balaban J connectivity index is 1.77. The Bertz CT molecular complexity index is 1450. The van der Waals surface area contributed by atoms with E-state index >= 15 is 0 Å². The summed E-state index contributed by atoms with van der Waals surface area (Å²) in [7, 11) is 0. The minimum Gasteiger partial charge on any atom is -0.325 e. The number of anilines is 1. The minimum atomic E-state index is -0.651. The number of hydrogen-bond acceptors (Lipinski definition) is 4. The fourth-order valence-electron chi connectivity index (χ4n) is 3.64. The van der Waals surface area contributed by atoms with Crippen LogP contribution in [-0.4, -0.2) is 15.0 Å². The van der Waals surface area contributed by atoms with Crippen LogP contribution in [0.15, 0.2) is 63.5 Å². The average molecular weight is 452 g/mol. The molecule has 0 spiro atoms. The van der Waals surface area contributed by atoms with Gasteiger partial charge < -0.3 is 5.32 Å². The predicted molar refractivity (Wildman–Crippen MR) is 126 cm³/mol. The van der Waals surface area contributed by atoms with E-state index in [1.54, 1.807) is 24.4 Å². The second-order valence-corrected chi connectivity index (χ2v) is 8.82. The second kappa shape index (κ2) is 8.55. The first-order valence-electron chi connectivity index (χ1n) is 10.2. The van der Waals surface area contributed by atoms with Crippen molar-refractivity contribution in [3.05, 3.63) is 91.7 Å². The van der Waals surface area contributed by atoms with Crippen LogP contribution >= 0.6 is 11.3 Å². The molecule has 0 radical (unpaired) electrons.